The van der Waals surface area contributed by atoms with Crippen LogP contribution in [0.5, 0.6) is 11.5 Å². The summed E-state index contributed by atoms with van der Waals surface area (Å²) in [6.45, 7) is 4.05. The summed E-state index contributed by atoms with van der Waals surface area (Å²) in [6.07, 6.45) is -4.70. The number of aryl methyl sites for hydroxylation is 1. The van der Waals surface area contributed by atoms with Crippen LogP contribution in [0.3, 0.4) is 0 Å². The molecule has 0 saturated carbocycles. The van der Waals surface area contributed by atoms with E-state index in [9.17, 15) is 19.8 Å². The third-order valence-corrected chi connectivity index (χ3v) is 3.38. The molecule has 1 fully saturated rings. The van der Waals surface area contributed by atoms with E-state index < -0.39 is 36.5 Å². The van der Waals surface area contributed by atoms with E-state index in [1.54, 1.807) is 12.1 Å². The predicted molar refractivity (Wildman–Crippen MR) is 80.3 cm³/mol. The number of benzene rings is 1. The van der Waals surface area contributed by atoms with Crippen molar-refractivity contribution >= 4 is 11.9 Å². The molecule has 1 saturated heterocycles. The maximum atomic E-state index is 11.3. The van der Waals surface area contributed by atoms with Crippen molar-refractivity contribution in [3.8, 4) is 11.5 Å². The minimum atomic E-state index is -1.41. The third-order valence-electron chi connectivity index (χ3n) is 3.38. The van der Waals surface area contributed by atoms with Gasteiger partial charge in [0, 0.05) is 13.8 Å². The van der Waals surface area contributed by atoms with Gasteiger partial charge in [-0.1, -0.05) is 6.07 Å². The molecule has 24 heavy (non-hydrogen) atoms. The fourth-order valence-electron chi connectivity index (χ4n) is 2.35. The number of carbonyl (C=O) groups excluding carboxylic acids is 2. The minimum Gasteiger partial charge on any atom is -0.504 e. The first-order valence-corrected chi connectivity index (χ1v) is 7.38. The maximum absolute atomic E-state index is 11.3. The fraction of sp³-hybridized carbons (Fsp3) is 0.500. The van der Waals surface area contributed by atoms with Crippen LogP contribution in [0.25, 0.3) is 0 Å². The van der Waals surface area contributed by atoms with E-state index in [2.05, 4.69) is 0 Å². The van der Waals surface area contributed by atoms with Crippen LogP contribution in [0.4, 0.5) is 0 Å². The molecule has 0 radical (unpaired) electrons. The smallest absolute Gasteiger partial charge is 0.303 e. The van der Waals surface area contributed by atoms with Crippen LogP contribution in [-0.2, 0) is 23.8 Å². The molecule has 2 N–H and O–H groups in total. The molecule has 0 spiro atoms. The molecule has 2 rings (SSSR count). The first kappa shape index (κ1) is 18.0. The summed E-state index contributed by atoms with van der Waals surface area (Å²) in [4.78, 5) is 22.4. The van der Waals surface area contributed by atoms with E-state index in [0.29, 0.717) is 0 Å². The molecular formula is C16H20O8. The van der Waals surface area contributed by atoms with Gasteiger partial charge >= 0.3 is 11.9 Å². The number of ether oxygens (including phenoxy) is 4. The van der Waals surface area contributed by atoms with Crippen molar-refractivity contribution in [3.63, 3.8) is 0 Å². The number of phenolic OH excluding ortho intramolecular Hbond substituents is 1. The highest BCUT2D eigenvalue weighted by Gasteiger charge is 2.45. The summed E-state index contributed by atoms with van der Waals surface area (Å²) in [6, 6.07) is 4.72. The molecular weight excluding hydrogens is 320 g/mol. The zero-order chi connectivity index (χ0) is 17.9. The molecule has 1 aromatic rings. The summed E-state index contributed by atoms with van der Waals surface area (Å²) in [5.41, 5.74) is 0.836. The Morgan fingerprint density at radius 1 is 1.21 bits per heavy atom. The Morgan fingerprint density at radius 2 is 1.88 bits per heavy atom. The van der Waals surface area contributed by atoms with Crippen LogP contribution < -0.4 is 4.74 Å². The van der Waals surface area contributed by atoms with Crippen LogP contribution in [0.15, 0.2) is 18.2 Å². The number of hydrogen-bond donors (Lipinski definition) is 2. The number of phenols is 1. The van der Waals surface area contributed by atoms with E-state index in [4.69, 9.17) is 18.9 Å². The summed E-state index contributed by atoms with van der Waals surface area (Å²) in [5, 5.41) is 20.2. The topological polar surface area (TPSA) is 112 Å². The first-order valence-electron chi connectivity index (χ1n) is 7.38. The van der Waals surface area contributed by atoms with Crippen molar-refractivity contribution in [2.24, 2.45) is 0 Å². The van der Waals surface area contributed by atoms with E-state index in [0.717, 1.165) is 5.56 Å². The van der Waals surface area contributed by atoms with Crippen LogP contribution in [0.2, 0.25) is 0 Å². The average Bonchev–Trinajstić information content (AvgIpc) is 2.48. The van der Waals surface area contributed by atoms with Gasteiger partial charge in [-0.15, -0.1) is 0 Å². The van der Waals surface area contributed by atoms with Gasteiger partial charge in [0.25, 0.3) is 0 Å². The van der Waals surface area contributed by atoms with Gasteiger partial charge in [-0.05, 0) is 24.6 Å². The number of esters is 2. The number of rotatable bonds is 4. The van der Waals surface area contributed by atoms with Crippen LogP contribution in [0.1, 0.15) is 19.4 Å². The third kappa shape index (κ3) is 4.36. The molecule has 0 bridgehead atoms. The second-order valence-electron chi connectivity index (χ2n) is 5.50. The van der Waals surface area contributed by atoms with E-state index in [1.165, 1.54) is 19.9 Å². The Labute approximate surface area is 138 Å². The van der Waals surface area contributed by atoms with Crippen molar-refractivity contribution in [1.29, 1.82) is 0 Å². The minimum absolute atomic E-state index is 0.117. The van der Waals surface area contributed by atoms with Crippen LogP contribution in [-0.4, -0.2) is 53.4 Å². The van der Waals surface area contributed by atoms with Gasteiger partial charge < -0.3 is 29.2 Å². The normalized spacial score (nSPS) is 26.5. The molecule has 0 aliphatic carbocycles. The summed E-state index contributed by atoms with van der Waals surface area (Å²) >= 11 is 0. The summed E-state index contributed by atoms with van der Waals surface area (Å²) in [5.74, 6) is -1.24. The monoisotopic (exact) mass is 340 g/mol. The molecule has 0 unspecified atom stereocenters. The summed E-state index contributed by atoms with van der Waals surface area (Å²) < 4.78 is 20.9. The molecule has 8 nitrogen and oxygen atoms in total. The molecule has 0 amide bonds. The van der Waals surface area contributed by atoms with Crippen molar-refractivity contribution in [2.45, 2.75) is 45.4 Å². The van der Waals surface area contributed by atoms with Gasteiger partial charge in [0.1, 0.15) is 0 Å². The highest BCUT2D eigenvalue weighted by molar-refractivity contribution is 5.67. The first-order chi connectivity index (χ1) is 11.3. The van der Waals surface area contributed by atoms with Crippen molar-refractivity contribution in [1.82, 2.24) is 0 Å². The zero-order valence-corrected chi connectivity index (χ0v) is 13.6. The molecule has 132 valence electrons. The van der Waals surface area contributed by atoms with Crippen molar-refractivity contribution in [3.05, 3.63) is 23.8 Å². The molecule has 1 aliphatic rings. The molecule has 0 aromatic heterocycles. The Bertz CT molecular complexity index is 614. The second-order valence-corrected chi connectivity index (χ2v) is 5.50. The van der Waals surface area contributed by atoms with Crippen molar-refractivity contribution in [2.75, 3.05) is 6.61 Å². The number of aliphatic hydroxyl groups is 1. The quantitative estimate of drug-likeness (QED) is 0.769. The lowest BCUT2D eigenvalue weighted by atomic mass is 10.0. The van der Waals surface area contributed by atoms with Gasteiger partial charge in [-0.3, -0.25) is 9.59 Å². The standard InChI is InChI=1S/C16H20O8/c1-8-4-5-11(19)12(6-8)24-16-14(20)15(23-10(3)18)13(7-21-16)22-9(2)17/h4-6,13-16,19-20H,7H2,1-3H3/t13-,14-,15+,16+/m1/s1. The lowest BCUT2D eigenvalue weighted by Crippen LogP contribution is -2.57. The van der Waals surface area contributed by atoms with Crippen LogP contribution in [0, 0.1) is 6.92 Å². The number of hydrogen-bond acceptors (Lipinski definition) is 8. The largest absolute Gasteiger partial charge is 0.504 e. The van der Waals surface area contributed by atoms with Gasteiger partial charge in [-0.2, -0.15) is 0 Å². The number of aliphatic hydroxyl groups excluding tert-OH is 1. The van der Waals surface area contributed by atoms with E-state index >= 15 is 0 Å². The van der Waals surface area contributed by atoms with Crippen molar-refractivity contribution < 1.29 is 38.7 Å². The van der Waals surface area contributed by atoms with E-state index in [-0.39, 0.29) is 18.1 Å². The lowest BCUT2D eigenvalue weighted by Gasteiger charge is -2.38. The van der Waals surface area contributed by atoms with E-state index in [1.807, 2.05) is 6.92 Å². The lowest BCUT2D eigenvalue weighted by molar-refractivity contribution is -0.253. The molecule has 1 heterocycles. The molecule has 4 atom stereocenters. The Morgan fingerprint density at radius 3 is 2.50 bits per heavy atom. The average molecular weight is 340 g/mol. The molecule has 8 heteroatoms. The number of carbonyl (C=O) groups is 2. The van der Waals surface area contributed by atoms with Crippen LogP contribution >= 0.6 is 0 Å². The Kier molecular flexibility index (Phi) is 5.63. The fourth-order valence-corrected chi connectivity index (χ4v) is 2.35. The second kappa shape index (κ2) is 7.50. The summed E-state index contributed by atoms with van der Waals surface area (Å²) in [7, 11) is 0. The van der Waals surface area contributed by atoms with Gasteiger partial charge in [-0.25, -0.2) is 0 Å². The molecule has 1 aromatic carbocycles. The van der Waals surface area contributed by atoms with Gasteiger partial charge in [0.05, 0.1) is 6.61 Å². The Hall–Kier alpha value is -2.32. The SMILES string of the molecule is CC(=O)O[C@@H]1[C@@H](O)[C@H](Oc2cc(C)ccc2O)OC[C@H]1OC(C)=O. The zero-order valence-electron chi connectivity index (χ0n) is 13.6. The van der Waals surface area contributed by atoms with Gasteiger partial charge in [0.2, 0.25) is 6.29 Å². The highest BCUT2D eigenvalue weighted by Crippen LogP contribution is 2.30. The number of aromatic hydroxyl groups is 1. The highest BCUT2D eigenvalue weighted by atomic mass is 16.7. The molecule has 1 aliphatic heterocycles. The Balaban J connectivity index is 2.16. The van der Waals surface area contributed by atoms with Gasteiger partial charge in [0.15, 0.2) is 29.8 Å². The maximum Gasteiger partial charge on any atom is 0.303 e. The predicted octanol–water partition coefficient (Wildman–Crippen LogP) is 0.660.